The fourth-order valence-corrected chi connectivity index (χ4v) is 2.90. The van der Waals surface area contributed by atoms with Crippen LogP contribution in [0.15, 0.2) is 23.1 Å². The maximum Gasteiger partial charge on any atom is 0.268 e. The van der Waals surface area contributed by atoms with Crippen molar-refractivity contribution in [3.8, 4) is 0 Å². The molecule has 21 heavy (non-hydrogen) atoms. The SMILES string of the molecule is CCCc1cc(NS(=O)(=O)c2c(F)cc(F)cc2F)n[nH]1. The molecule has 0 saturated heterocycles. The third-order valence-corrected chi connectivity index (χ3v) is 4.03. The second-order valence-electron chi connectivity index (χ2n) is 4.33. The number of aryl methyl sites for hydroxylation is 1. The molecule has 0 bridgehead atoms. The molecule has 2 rings (SSSR count). The van der Waals surface area contributed by atoms with Gasteiger partial charge in [0.1, 0.15) is 17.5 Å². The molecule has 0 unspecified atom stereocenters. The lowest BCUT2D eigenvalue weighted by Gasteiger charge is -2.07. The lowest BCUT2D eigenvalue weighted by Crippen LogP contribution is -2.17. The molecule has 1 heterocycles. The highest BCUT2D eigenvalue weighted by molar-refractivity contribution is 7.92. The summed E-state index contributed by atoms with van der Waals surface area (Å²) in [6.45, 7) is 1.92. The van der Waals surface area contributed by atoms with Crippen molar-refractivity contribution in [2.24, 2.45) is 0 Å². The molecular formula is C12H12F3N3O2S. The van der Waals surface area contributed by atoms with E-state index in [1.807, 2.05) is 11.6 Å². The molecular weight excluding hydrogens is 307 g/mol. The largest absolute Gasteiger partial charge is 0.280 e. The van der Waals surface area contributed by atoms with Crippen molar-refractivity contribution < 1.29 is 21.6 Å². The summed E-state index contributed by atoms with van der Waals surface area (Å²) >= 11 is 0. The van der Waals surface area contributed by atoms with E-state index in [1.54, 1.807) is 0 Å². The summed E-state index contributed by atoms with van der Waals surface area (Å²) in [6, 6.07) is 2.01. The number of hydrogen-bond acceptors (Lipinski definition) is 3. The molecule has 0 spiro atoms. The summed E-state index contributed by atoms with van der Waals surface area (Å²) in [5.41, 5.74) is 0.676. The van der Waals surface area contributed by atoms with Crippen LogP contribution in [0.25, 0.3) is 0 Å². The summed E-state index contributed by atoms with van der Waals surface area (Å²) in [4.78, 5) is -1.25. The van der Waals surface area contributed by atoms with Crippen molar-refractivity contribution in [3.63, 3.8) is 0 Å². The maximum absolute atomic E-state index is 13.5. The molecule has 9 heteroatoms. The van der Waals surface area contributed by atoms with E-state index >= 15 is 0 Å². The zero-order chi connectivity index (χ0) is 15.6. The Bertz CT molecular complexity index is 736. The summed E-state index contributed by atoms with van der Waals surface area (Å²) < 4.78 is 65.7. The highest BCUT2D eigenvalue weighted by Gasteiger charge is 2.26. The molecule has 2 aromatic rings. The molecule has 2 N–H and O–H groups in total. The van der Waals surface area contributed by atoms with Gasteiger partial charge in [0.15, 0.2) is 10.7 Å². The molecule has 114 valence electrons. The molecule has 0 saturated carbocycles. The number of anilines is 1. The number of H-pyrrole nitrogens is 1. The third-order valence-electron chi connectivity index (χ3n) is 2.62. The van der Waals surface area contributed by atoms with Crippen LogP contribution in [0.4, 0.5) is 19.0 Å². The van der Waals surface area contributed by atoms with Gasteiger partial charge in [-0.25, -0.2) is 21.6 Å². The normalized spacial score (nSPS) is 11.6. The first-order chi connectivity index (χ1) is 9.83. The molecule has 0 amide bonds. The first-order valence-electron chi connectivity index (χ1n) is 6.05. The predicted octanol–water partition coefficient (Wildman–Crippen LogP) is 2.58. The fraction of sp³-hybridized carbons (Fsp3) is 0.250. The summed E-state index contributed by atoms with van der Waals surface area (Å²) in [5, 5.41) is 6.28. The van der Waals surface area contributed by atoms with Crippen molar-refractivity contribution in [1.29, 1.82) is 0 Å². The Kier molecular flexibility index (Phi) is 4.21. The van der Waals surface area contributed by atoms with E-state index in [-0.39, 0.29) is 5.82 Å². The molecule has 0 atom stereocenters. The summed E-state index contributed by atoms with van der Waals surface area (Å²) in [5.74, 6) is -4.32. The topological polar surface area (TPSA) is 74.8 Å². The molecule has 0 fully saturated rings. The van der Waals surface area contributed by atoms with Crippen molar-refractivity contribution in [2.75, 3.05) is 4.72 Å². The van der Waals surface area contributed by atoms with Crippen LogP contribution in [-0.2, 0) is 16.4 Å². The van der Waals surface area contributed by atoms with Crippen LogP contribution in [0, 0.1) is 17.5 Å². The van der Waals surface area contributed by atoms with Gasteiger partial charge in [-0.15, -0.1) is 0 Å². The second kappa shape index (κ2) is 5.76. The van der Waals surface area contributed by atoms with Crippen LogP contribution in [0.1, 0.15) is 19.0 Å². The number of rotatable bonds is 5. The van der Waals surface area contributed by atoms with Gasteiger partial charge in [0.2, 0.25) is 0 Å². The van der Waals surface area contributed by atoms with Crippen molar-refractivity contribution >= 4 is 15.8 Å². The number of nitrogens with one attached hydrogen (secondary N) is 2. The number of sulfonamides is 1. The number of halogens is 3. The van der Waals surface area contributed by atoms with Crippen molar-refractivity contribution in [3.05, 3.63) is 41.3 Å². The fourth-order valence-electron chi connectivity index (χ4n) is 1.79. The van der Waals surface area contributed by atoms with Gasteiger partial charge in [-0.3, -0.25) is 9.82 Å². The summed E-state index contributed by atoms with van der Waals surface area (Å²) in [6.07, 6.45) is 1.46. The van der Waals surface area contributed by atoms with E-state index in [1.165, 1.54) is 6.07 Å². The van der Waals surface area contributed by atoms with Crippen molar-refractivity contribution in [2.45, 2.75) is 24.7 Å². The average Bonchev–Trinajstić information content (AvgIpc) is 2.74. The molecule has 0 radical (unpaired) electrons. The minimum Gasteiger partial charge on any atom is -0.280 e. The Morgan fingerprint density at radius 1 is 1.19 bits per heavy atom. The third kappa shape index (κ3) is 3.35. The average molecular weight is 319 g/mol. The van der Waals surface area contributed by atoms with E-state index in [2.05, 4.69) is 10.2 Å². The Hall–Kier alpha value is -2.03. The first kappa shape index (κ1) is 15.4. The Morgan fingerprint density at radius 2 is 1.81 bits per heavy atom. The number of aromatic amines is 1. The van der Waals surface area contributed by atoms with Crippen LogP contribution in [0.2, 0.25) is 0 Å². The lowest BCUT2D eigenvalue weighted by atomic mass is 10.2. The smallest absolute Gasteiger partial charge is 0.268 e. The van der Waals surface area contributed by atoms with Gasteiger partial charge in [0.25, 0.3) is 10.0 Å². The highest BCUT2D eigenvalue weighted by atomic mass is 32.2. The van der Waals surface area contributed by atoms with E-state index in [4.69, 9.17) is 0 Å². The Balaban J connectivity index is 2.34. The van der Waals surface area contributed by atoms with Gasteiger partial charge in [-0.2, -0.15) is 5.10 Å². The standard InChI is InChI=1S/C12H12F3N3O2S/c1-2-3-8-6-11(17-16-8)18-21(19,20)12-9(14)4-7(13)5-10(12)15/h4-6H,2-3H2,1H3,(H2,16,17,18). The zero-order valence-electron chi connectivity index (χ0n) is 11.0. The van der Waals surface area contributed by atoms with Gasteiger partial charge in [-0.05, 0) is 6.42 Å². The lowest BCUT2D eigenvalue weighted by molar-refractivity contribution is 0.498. The summed E-state index contributed by atoms with van der Waals surface area (Å²) in [7, 11) is -4.54. The van der Waals surface area contributed by atoms with Crippen LogP contribution in [-0.4, -0.2) is 18.6 Å². The number of benzene rings is 1. The molecule has 1 aromatic heterocycles. The maximum atomic E-state index is 13.5. The molecule has 0 aliphatic carbocycles. The Labute approximate surface area is 119 Å². The van der Waals surface area contributed by atoms with Gasteiger partial charge in [-0.1, -0.05) is 13.3 Å². The number of aromatic nitrogens is 2. The van der Waals surface area contributed by atoms with Crippen LogP contribution in [0.3, 0.4) is 0 Å². The monoisotopic (exact) mass is 319 g/mol. The zero-order valence-corrected chi connectivity index (χ0v) is 11.8. The van der Waals surface area contributed by atoms with Crippen LogP contribution in [0.5, 0.6) is 0 Å². The van der Waals surface area contributed by atoms with E-state index < -0.39 is 32.4 Å². The van der Waals surface area contributed by atoms with Gasteiger partial charge in [0, 0.05) is 23.9 Å². The quantitative estimate of drug-likeness (QED) is 0.889. The molecule has 0 aliphatic rings. The predicted molar refractivity (Wildman–Crippen MR) is 69.7 cm³/mol. The minimum atomic E-state index is -4.54. The van der Waals surface area contributed by atoms with Crippen LogP contribution >= 0.6 is 0 Å². The second-order valence-corrected chi connectivity index (χ2v) is 5.95. The molecule has 5 nitrogen and oxygen atoms in total. The van der Waals surface area contributed by atoms with E-state index in [0.717, 1.165) is 6.42 Å². The van der Waals surface area contributed by atoms with Gasteiger partial charge < -0.3 is 0 Å². The van der Waals surface area contributed by atoms with Crippen LogP contribution < -0.4 is 4.72 Å². The van der Waals surface area contributed by atoms with Crippen molar-refractivity contribution in [1.82, 2.24) is 10.2 Å². The number of hydrogen-bond donors (Lipinski definition) is 2. The number of nitrogens with zero attached hydrogens (tertiary/aromatic N) is 1. The van der Waals surface area contributed by atoms with Gasteiger partial charge in [0.05, 0.1) is 0 Å². The van der Waals surface area contributed by atoms with E-state index in [9.17, 15) is 21.6 Å². The first-order valence-corrected chi connectivity index (χ1v) is 7.53. The highest BCUT2D eigenvalue weighted by Crippen LogP contribution is 2.22. The molecule has 0 aliphatic heterocycles. The Morgan fingerprint density at radius 3 is 2.38 bits per heavy atom. The minimum absolute atomic E-state index is 0.0958. The molecule has 1 aromatic carbocycles. The van der Waals surface area contributed by atoms with E-state index in [0.29, 0.717) is 24.2 Å². The van der Waals surface area contributed by atoms with Gasteiger partial charge >= 0.3 is 0 Å².